The Morgan fingerprint density at radius 3 is 2.95 bits per heavy atom. The Balaban J connectivity index is 1.88. The van der Waals surface area contributed by atoms with Gasteiger partial charge in [0.2, 0.25) is 5.82 Å². The number of aromatic nitrogens is 2. The molecular weight excluding hydrogens is 252 g/mol. The molecule has 0 saturated heterocycles. The molecule has 0 atom stereocenters. The largest absolute Gasteiger partial charge is 0.476 e. The lowest BCUT2D eigenvalue weighted by Crippen LogP contribution is -2.13. The number of ether oxygens (including phenoxy) is 2. The fourth-order valence-corrected chi connectivity index (χ4v) is 1.58. The summed E-state index contributed by atoms with van der Waals surface area (Å²) in [5.41, 5.74) is -0.257. The van der Waals surface area contributed by atoms with E-state index >= 15 is 0 Å². The molecule has 1 aliphatic carbocycles. The molecule has 0 amide bonds. The summed E-state index contributed by atoms with van der Waals surface area (Å²) >= 11 is 0. The monoisotopic (exact) mass is 268 g/mol. The zero-order valence-electron chi connectivity index (χ0n) is 10.7. The number of rotatable bonds is 8. The molecule has 104 valence electrons. The Labute approximate surface area is 110 Å². The highest BCUT2D eigenvalue weighted by Crippen LogP contribution is 2.30. The molecule has 1 aliphatic rings. The Hall–Kier alpha value is -1.96. The van der Waals surface area contributed by atoms with Crippen molar-refractivity contribution in [3.8, 4) is 5.88 Å². The van der Waals surface area contributed by atoms with E-state index in [0.29, 0.717) is 19.1 Å². The van der Waals surface area contributed by atoms with E-state index in [1.807, 2.05) is 0 Å². The lowest BCUT2D eigenvalue weighted by Gasteiger charge is -2.08. The maximum Gasteiger partial charge on any atom is 0.372 e. The van der Waals surface area contributed by atoms with E-state index in [0.717, 1.165) is 6.61 Å². The highest BCUT2D eigenvalue weighted by Gasteiger charge is 2.24. The topological polar surface area (TPSA) is 99.4 Å². The molecule has 1 N–H and O–H groups in total. The molecule has 1 heterocycles. The van der Waals surface area contributed by atoms with Gasteiger partial charge in [-0.25, -0.2) is 4.98 Å². The van der Waals surface area contributed by atoms with Crippen molar-refractivity contribution in [3.05, 3.63) is 16.4 Å². The van der Waals surface area contributed by atoms with Crippen LogP contribution in [0.15, 0.2) is 6.33 Å². The van der Waals surface area contributed by atoms with Crippen molar-refractivity contribution >= 4 is 11.5 Å². The van der Waals surface area contributed by atoms with Gasteiger partial charge in [0.25, 0.3) is 5.88 Å². The minimum absolute atomic E-state index is 0.0543. The van der Waals surface area contributed by atoms with Gasteiger partial charge in [0, 0.05) is 13.2 Å². The molecule has 0 spiro atoms. The maximum atomic E-state index is 11.0. The van der Waals surface area contributed by atoms with Gasteiger partial charge in [-0.2, -0.15) is 4.98 Å². The first kappa shape index (κ1) is 13.5. The Morgan fingerprint density at radius 2 is 2.32 bits per heavy atom. The summed E-state index contributed by atoms with van der Waals surface area (Å²) in [6, 6.07) is 0. The highest BCUT2D eigenvalue weighted by molar-refractivity contribution is 5.60. The van der Waals surface area contributed by atoms with Crippen molar-refractivity contribution in [1.29, 1.82) is 0 Å². The lowest BCUT2D eigenvalue weighted by molar-refractivity contribution is -0.385. The van der Waals surface area contributed by atoms with Crippen LogP contribution in [0, 0.1) is 16.0 Å². The van der Waals surface area contributed by atoms with Gasteiger partial charge < -0.3 is 14.8 Å². The minimum atomic E-state index is -0.563. The van der Waals surface area contributed by atoms with Crippen LogP contribution in [-0.2, 0) is 4.74 Å². The first-order valence-corrected chi connectivity index (χ1v) is 6.07. The first-order chi connectivity index (χ1) is 9.22. The van der Waals surface area contributed by atoms with E-state index < -0.39 is 4.92 Å². The second-order valence-corrected chi connectivity index (χ2v) is 4.28. The molecule has 1 saturated carbocycles. The fourth-order valence-electron chi connectivity index (χ4n) is 1.58. The van der Waals surface area contributed by atoms with Crippen LogP contribution in [0.4, 0.5) is 11.5 Å². The Bertz CT molecular complexity index is 450. The molecule has 0 aromatic carbocycles. The summed E-state index contributed by atoms with van der Waals surface area (Å²) in [7, 11) is 1.33. The molecule has 0 bridgehead atoms. The van der Waals surface area contributed by atoms with Gasteiger partial charge in [0.15, 0.2) is 0 Å². The molecule has 2 rings (SSSR count). The van der Waals surface area contributed by atoms with E-state index in [9.17, 15) is 10.1 Å². The standard InChI is InChI=1S/C11H16N4O4/c1-18-11-9(15(16)17)10(13-7-14-11)12-4-5-19-6-8-2-3-8/h7-8H,2-6H2,1H3,(H,12,13,14). The van der Waals surface area contributed by atoms with E-state index in [-0.39, 0.29) is 17.4 Å². The molecule has 1 aromatic rings. The van der Waals surface area contributed by atoms with Crippen molar-refractivity contribution < 1.29 is 14.4 Å². The second kappa shape index (κ2) is 6.28. The van der Waals surface area contributed by atoms with Crippen LogP contribution in [0.1, 0.15) is 12.8 Å². The average Bonchev–Trinajstić information content (AvgIpc) is 3.21. The Morgan fingerprint density at radius 1 is 1.53 bits per heavy atom. The summed E-state index contributed by atoms with van der Waals surface area (Å²) in [4.78, 5) is 18.0. The predicted molar refractivity (Wildman–Crippen MR) is 67.3 cm³/mol. The number of nitro groups is 1. The summed E-state index contributed by atoms with van der Waals surface area (Å²) in [6.07, 6.45) is 3.70. The average molecular weight is 268 g/mol. The quantitative estimate of drug-likeness (QED) is 0.430. The number of nitrogens with zero attached hydrogens (tertiary/aromatic N) is 3. The highest BCUT2D eigenvalue weighted by atomic mass is 16.6. The summed E-state index contributed by atoms with van der Waals surface area (Å²) < 4.78 is 10.3. The van der Waals surface area contributed by atoms with Crippen molar-refractivity contribution in [1.82, 2.24) is 9.97 Å². The SMILES string of the molecule is COc1ncnc(NCCOCC2CC2)c1[N+](=O)[O-]. The van der Waals surface area contributed by atoms with Crippen LogP contribution < -0.4 is 10.1 Å². The van der Waals surface area contributed by atoms with Crippen LogP contribution in [0.25, 0.3) is 0 Å². The Kier molecular flexibility index (Phi) is 4.45. The predicted octanol–water partition coefficient (Wildman–Crippen LogP) is 1.23. The molecule has 0 unspecified atom stereocenters. The maximum absolute atomic E-state index is 11.0. The number of anilines is 1. The zero-order valence-corrected chi connectivity index (χ0v) is 10.7. The van der Waals surface area contributed by atoms with Gasteiger partial charge in [-0.05, 0) is 18.8 Å². The third kappa shape index (κ3) is 3.75. The molecular formula is C11H16N4O4. The van der Waals surface area contributed by atoms with Crippen LogP contribution in [0.5, 0.6) is 5.88 Å². The smallest absolute Gasteiger partial charge is 0.372 e. The zero-order chi connectivity index (χ0) is 13.7. The minimum Gasteiger partial charge on any atom is -0.476 e. The van der Waals surface area contributed by atoms with E-state index in [4.69, 9.17) is 9.47 Å². The van der Waals surface area contributed by atoms with Gasteiger partial charge in [-0.3, -0.25) is 10.1 Å². The fraction of sp³-hybridized carbons (Fsp3) is 0.636. The van der Waals surface area contributed by atoms with Crippen LogP contribution in [0.3, 0.4) is 0 Å². The number of nitrogens with one attached hydrogen (secondary N) is 1. The third-order valence-corrected chi connectivity index (χ3v) is 2.75. The van der Waals surface area contributed by atoms with Crippen molar-refractivity contribution in [3.63, 3.8) is 0 Å². The van der Waals surface area contributed by atoms with Gasteiger partial charge in [0.1, 0.15) is 6.33 Å². The van der Waals surface area contributed by atoms with Crippen LogP contribution in [0.2, 0.25) is 0 Å². The molecule has 8 heteroatoms. The molecule has 19 heavy (non-hydrogen) atoms. The van der Waals surface area contributed by atoms with Gasteiger partial charge in [-0.1, -0.05) is 0 Å². The number of hydrogen-bond acceptors (Lipinski definition) is 7. The molecule has 8 nitrogen and oxygen atoms in total. The van der Waals surface area contributed by atoms with E-state index in [1.165, 1.54) is 26.3 Å². The van der Waals surface area contributed by atoms with Crippen LogP contribution >= 0.6 is 0 Å². The van der Waals surface area contributed by atoms with Crippen molar-refractivity contribution in [2.24, 2.45) is 5.92 Å². The second-order valence-electron chi connectivity index (χ2n) is 4.28. The van der Waals surface area contributed by atoms with Crippen molar-refractivity contribution in [2.75, 3.05) is 32.2 Å². The lowest BCUT2D eigenvalue weighted by atomic mass is 10.4. The van der Waals surface area contributed by atoms with Gasteiger partial charge in [0.05, 0.1) is 18.6 Å². The number of hydrogen-bond donors (Lipinski definition) is 1. The van der Waals surface area contributed by atoms with Gasteiger partial charge in [-0.15, -0.1) is 0 Å². The molecule has 1 aromatic heterocycles. The van der Waals surface area contributed by atoms with Crippen LogP contribution in [-0.4, -0.2) is 41.8 Å². The normalized spacial score (nSPS) is 14.2. The molecule has 0 aliphatic heterocycles. The first-order valence-electron chi connectivity index (χ1n) is 6.07. The summed E-state index contributed by atoms with van der Waals surface area (Å²) in [5, 5.41) is 13.8. The summed E-state index contributed by atoms with van der Waals surface area (Å²) in [6.45, 7) is 1.70. The third-order valence-electron chi connectivity index (χ3n) is 2.75. The molecule has 1 fully saturated rings. The van der Waals surface area contributed by atoms with Crippen molar-refractivity contribution in [2.45, 2.75) is 12.8 Å². The van der Waals surface area contributed by atoms with E-state index in [2.05, 4.69) is 15.3 Å². The number of methoxy groups -OCH3 is 1. The molecule has 0 radical (unpaired) electrons. The van der Waals surface area contributed by atoms with Gasteiger partial charge >= 0.3 is 5.69 Å². The van der Waals surface area contributed by atoms with E-state index in [1.54, 1.807) is 0 Å². The summed E-state index contributed by atoms with van der Waals surface area (Å²) in [5.74, 6) is 0.793.